The molecule has 5 heteroatoms. The van der Waals surface area contributed by atoms with Gasteiger partial charge in [0.2, 0.25) is 0 Å². The lowest BCUT2D eigenvalue weighted by molar-refractivity contribution is 0.0937. The van der Waals surface area contributed by atoms with Gasteiger partial charge in [-0.2, -0.15) is 5.26 Å². The first kappa shape index (κ1) is 13.5. The molecular formula is C12H14BrN3O. The molecule has 0 spiro atoms. The molecule has 0 heterocycles. The summed E-state index contributed by atoms with van der Waals surface area (Å²) in [5.74, 6) is -0.239. The van der Waals surface area contributed by atoms with Crippen LogP contribution in [0.5, 0.6) is 0 Å². The summed E-state index contributed by atoms with van der Waals surface area (Å²) in [5, 5.41) is 11.4. The van der Waals surface area contributed by atoms with E-state index < -0.39 is 0 Å². The normalized spacial score (nSPS) is 11.6. The Kier molecular flexibility index (Phi) is 4.98. The second-order valence-corrected chi connectivity index (χ2v) is 4.59. The summed E-state index contributed by atoms with van der Waals surface area (Å²) in [6.45, 7) is 1.92. The maximum absolute atomic E-state index is 11.9. The molecule has 0 fully saturated rings. The Morgan fingerprint density at radius 1 is 1.65 bits per heavy atom. The van der Waals surface area contributed by atoms with Crippen molar-refractivity contribution >= 4 is 27.5 Å². The summed E-state index contributed by atoms with van der Waals surface area (Å²) < 4.78 is 0.829. The Hall–Kier alpha value is -1.54. The predicted octanol–water partition coefficient (Wildman–Crippen LogP) is 2.45. The number of nitrogen functional groups attached to an aromatic ring is 1. The van der Waals surface area contributed by atoms with Crippen LogP contribution in [0.1, 0.15) is 30.1 Å². The third kappa shape index (κ3) is 3.75. The molecule has 0 saturated heterocycles. The van der Waals surface area contributed by atoms with Crippen molar-refractivity contribution in [1.82, 2.24) is 5.32 Å². The number of amides is 1. The summed E-state index contributed by atoms with van der Waals surface area (Å²) in [5.41, 5.74) is 6.61. The number of hydrogen-bond acceptors (Lipinski definition) is 3. The number of rotatable bonds is 4. The maximum Gasteiger partial charge on any atom is 0.253 e. The van der Waals surface area contributed by atoms with Gasteiger partial charge in [-0.25, -0.2) is 0 Å². The summed E-state index contributed by atoms with van der Waals surface area (Å²) in [4.78, 5) is 11.9. The topological polar surface area (TPSA) is 78.9 Å². The molecule has 0 aliphatic rings. The number of carbonyl (C=O) groups excluding carboxylic acids is 1. The van der Waals surface area contributed by atoms with Gasteiger partial charge < -0.3 is 11.1 Å². The molecule has 0 aliphatic carbocycles. The minimum atomic E-state index is -0.239. The summed E-state index contributed by atoms with van der Waals surface area (Å²) >= 11 is 3.28. The zero-order valence-corrected chi connectivity index (χ0v) is 11.1. The van der Waals surface area contributed by atoms with Crippen LogP contribution in [0.25, 0.3) is 0 Å². The van der Waals surface area contributed by atoms with Crippen molar-refractivity contribution in [1.29, 1.82) is 5.26 Å². The van der Waals surface area contributed by atoms with Crippen LogP contribution >= 0.6 is 15.9 Å². The fourth-order valence-electron chi connectivity index (χ4n) is 1.41. The molecule has 1 amide bonds. The number of carbonyl (C=O) groups is 1. The number of benzene rings is 1. The molecule has 1 aromatic rings. The first-order valence-corrected chi connectivity index (χ1v) is 6.10. The molecule has 0 saturated carbocycles. The fraction of sp³-hybridized carbons (Fsp3) is 0.333. The average Bonchev–Trinajstić information content (AvgIpc) is 2.28. The van der Waals surface area contributed by atoms with E-state index in [1.807, 2.05) is 13.0 Å². The van der Waals surface area contributed by atoms with Gasteiger partial charge in [0.05, 0.1) is 18.1 Å². The number of nitrogens with two attached hydrogens (primary N) is 1. The Bertz CT molecular complexity index is 454. The molecule has 1 aromatic carbocycles. The SMILES string of the molecule is CCC(CC#N)NC(=O)c1ccc(Br)cc1N. The summed E-state index contributed by atoms with van der Waals surface area (Å²) in [6.07, 6.45) is 1.02. The van der Waals surface area contributed by atoms with Gasteiger partial charge in [0, 0.05) is 16.2 Å². The Morgan fingerprint density at radius 2 is 2.35 bits per heavy atom. The van der Waals surface area contributed by atoms with E-state index in [-0.39, 0.29) is 11.9 Å². The monoisotopic (exact) mass is 295 g/mol. The van der Waals surface area contributed by atoms with E-state index >= 15 is 0 Å². The smallest absolute Gasteiger partial charge is 0.253 e. The third-order valence-corrected chi connectivity index (χ3v) is 2.92. The molecule has 0 bridgehead atoms. The number of anilines is 1. The van der Waals surface area contributed by atoms with E-state index in [1.165, 1.54) is 0 Å². The highest BCUT2D eigenvalue weighted by Gasteiger charge is 2.14. The highest BCUT2D eigenvalue weighted by atomic mass is 79.9. The van der Waals surface area contributed by atoms with Crippen molar-refractivity contribution in [3.05, 3.63) is 28.2 Å². The van der Waals surface area contributed by atoms with Crippen LogP contribution in [0.3, 0.4) is 0 Å². The van der Waals surface area contributed by atoms with Crippen LogP contribution in [0.15, 0.2) is 22.7 Å². The van der Waals surface area contributed by atoms with Gasteiger partial charge in [-0.1, -0.05) is 22.9 Å². The van der Waals surface area contributed by atoms with Gasteiger partial charge in [0.1, 0.15) is 0 Å². The molecular weight excluding hydrogens is 282 g/mol. The Labute approximate surface area is 109 Å². The van der Waals surface area contributed by atoms with Gasteiger partial charge in [-0.15, -0.1) is 0 Å². The highest BCUT2D eigenvalue weighted by Crippen LogP contribution is 2.18. The van der Waals surface area contributed by atoms with E-state index in [4.69, 9.17) is 11.0 Å². The number of hydrogen-bond donors (Lipinski definition) is 2. The van der Waals surface area contributed by atoms with Crippen molar-refractivity contribution in [3.8, 4) is 6.07 Å². The van der Waals surface area contributed by atoms with E-state index in [0.29, 0.717) is 17.7 Å². The Balaban J connectivity index is 2.79. The molecule has 0 aliphatic heterocycles. The van der Waals surface area contributed by atoms with E-state index in [0.717, 1.165) is 10.9 Å². The van der Waals surface area contributed by atoms with Gasteiger partial charge in [0.15, 0.2) is 0 Å². The van der Waals surface area contributed by atoms with Crippen LogP contribution in [0.4, 0.5) is 5.69 Å². The van der Waals surface area contributed by atoms with E-state index in [1.54, 1.807) is 18.2 Å². The Morgan fingerprint density at radius 3 is 2.88 bits per heavy atom. The van der Waals surface area contributed by atoms with Gasteiger partial charge in [-0.05, 0) is 24.6 Å². The zero-order valence-electron chi connectivity index (χ0n) is 9.53. The van der Waals surface area contributed by atoms with E-state index in [9.17, 15) is 4.79 Å². The number of halogens is 1. The molecule has 1 unspecified atom stereocenters. The van der Waals surface area contributed by atoms with Crippen LogP contribution in [-0.2, 0) is 0 Å². The van der Waals surface area contributed by atoms with Crippen molar-refractivity contribution in [2.75, 3.05) is 5.73 Å². The molecule has 0 radical (unpaired) electrons. The minimum absolute atomic E-state index is 0.129. The lowest BCUT2D eigenvalue weighted by atomic mass is 10.1. The second-order valence-electron chi connectivity index (χ2n) is 3.67. The van der Waals surface area contributed by atoms with Crippen molar-refractivity contribution in [2.24, 2.45) is 0 Å². The zero-order chi connectivity index (χ0) is 12.8. The third-order valence-electron chi connectivity index (χ3n) is 2.42. The van der Waals surface area contributed by atoms with Crippen LogP contribution in [0, 0.1) is 11.3 Å². The molecule has 90 valence electrons. The number of nitrogens with zero attached hydrogens (tertiary/aromatic N) is 1. The predicted molar refractivity (Wildman–Crippen MR) is 70.3 cm³/mol. The van der Waals surface area contributed by atoms with Gasteiger partial charge in [0.25, 0.3) is 5.91 Å². The molecule has 0 aromatic heterocycles. The van der Waals surface area contributed by atoms with E-state index in [2.05, 4.69) is 21.2 Å². The van der Waals surface area contributed by atoms with Crippen LogP contribution in [0.2, 0.25) is 0 Å². The largest absolute Gasteiger partial charge is 0.398 e. The fourth-order valence-corrected chi connectivity index (χ4v) is 1.79. The summed E-state index contributed by atoms with van der Waals surface area (Å²) in [7, 11) is 0. The second kappa shape index (κ2) is 6.26. The summed E-state index contributed by atoms with van der Waals surface area (Å²) in [6, 6.07) is 7.02. The van der Waals surface area contributed by atoms with Gasteiger partial charge in [-0.3, -0.25) is 4.79 Å². The quantitative estimate of drug-likeness (QED) is 0.838. The van der Waals surface area contributed by atoms with Crippen molar-refractivity contribution in [2.45, 2.75) is 25.8 Å². The van der Waals surface area contributed by atoms with Crippen molar-refractivity contribution < 1.29 is 4.79 Å². The first-order chi connectivity index (χ1) is 8.08. The standard InChI is InChI=1S/C12H14BrN3O/c1-2-9(5-6-14)16-12(17)10-4-3-8(13)7-11(10)15/h3-4,7,9H,2,5,15H2,1H3,(H,16,17). The average molecular weight is 296 g/mol. The molecule has 3 N–H and O–H groups in total. The lowest BCUT2D eigenvalue weighted by Crippen LogP contribution is -2.34. The van der Waals surface area contributed by atoms with Crippen LogP contribution in [-0.4, -0.2) is 11.9 Å². The molecule has 4 nitrogen and oxygen atoms in total. The molecule has 1 rings (SSSR count). The maximum atomic E-state index is 11.9. The molecule has 1 atom stereocenters. The van der Waals surface area contributed by atoms with Crippen molar-refractivity contribution in [3.63, 3.8) is 0 Å². The molecule has 17 heavy (non-hydrogen) atoms. The first-order valence-electron chi connectivity index (χ1n) is 5.31. The minimum Gasteiger partial charge on any atom is -0.398 e. The number of nitriles is 1. The number of nitrogens with one attached hydrogen (secondary N) is 1. The van der Waals surface area contributed by atoms with Crippen LogP contribution < -0.4 is 11.1 Å². The highest BCUT2D eigenvalue weighted by molar-refractivity contribution is 9.10. The van der Waals surface area contributed by atoms with Gasteiger partial charge >= 0.3 is 0 Å². The lowest BCUT2D eigenvalue weighted by Gasteiger charge is -2.14.